The first-order valence-corrected chi connectivity index (χ1v) is 19.3. The Bertz CT molecular complexity index is 3350. The Hall–Kier alpha value is -7.57. The van der Waals surface area contributed by atoms with Crippen LogP contribution in [0.25, 0.3) is 112 Å². The number of fused-ring (bicyclic) bond motifs is 9. The lowest BCUT2D eigenvalue weighted by atomic mass is 10.00. The Kier molecular flexibility index (Phi) is 6.95. The first-order valence-electron chi connectivity index (χ1n) is 19.3. The number of benzene rings is 7. The van der Waals surface area contributed by atoms with Crippen LogP contribution in [0.5, 0.6) is 0 Å². The minimum atomic E-state index is 0.608. The van der Waals surface area contributed by atoms with Gasteiger partial charge in [0.1, 0.15) is 16.7 Å². The van der Waals surface area contributed by atoms with Crippen molar-refractivity contribution in [2.24, 2.45) is 0 Å². The third-order valence-corrected chi connectivity index (χ3v) is 11.3. The van der Waals surface area contributed by atoms with E-state index in [0.717, 1.165) is 90.2 Å². The zero-order valence-corrected chi connectivity index (χ0v) is 30.7. The second-order valence-electron chi connectivity index (χ2n) is 14.7. The highest BCUT2D eigenvalue weighted by molar-refractivity contribution is 6.11. The summed E-state index contributed by atoms with van der Waals surface area (Å²) >= 11 is 0. The molecule has 6 heteroatoms. The molecule has 0 fully saturated rings. The van der Waals surface area contributed by atoms with Gasteiger partial charge in [0, 0.05) is 49.3 Å². The summed E-state index contributed by atoms with van der Waals surface area (Å²) in [6.45, 7) is 0. The van der Waals surface area contributed by atoms with E-state index in [-0.39, 0.29) is 0 Å². The van der Waals surface area contributed by atoms with Crippen molar-refractivity contribution in [1.82, 2.24) is 19.5 Å². The van der Waals surface area contributed by atoms with Crippen molar-refractivity contribution in [3.05, 3.63) is 175 Å². The fraction of sp³-hybridized carbons (Fsp3) is 0.0392. The molecule has 0 aliphatic heterocycles. The fourth-order valence-corrected chi connectivity index (χ4v) is 8.62. The summed E-state index contributed by atoms with van der Waals surface area (Å²) in [4.78, 5) is 14.8. The molecule has 0 N–H and O–H groups in total. The minimum absolute atomic E-state index is 0.608. The normalized spacial score (nSPS) is 12.7. The second-order valence-corrected chi connectivity index (χ2v) is 14.7. The third kappa shape index (κ3) is 5.07. The predicted octanol–water partition coefficient (Wildman–Crippen LogP) is 13.2. The van der Waals surface area contributed by atoms with Crippen LogP contribution in [0.15, 0.2) is 173 Å². The Labute approximate surface area is 327 Å². The maximum atomic E-state index is 6.71. The van der Waals surface area contributed by atoms with E-state index in [1.165, 1.54) is 22.2 Å². The average Bonchev–Trinajstić information content (AvgIpc) is 3.96. The van der Waals surface area contributed by atoms with Gasteiger partial charge in [0.25, 0.3) is 0 Å². The van der Waals surface area contributed by atoms with Crippen molar-refractivity contribution >= 4 is 60.9 Å². The van der Waals surface area contributed by atoms with E-state index in [1.54, 1.807) is 0 Å². The molecule has 7 aromatic carbocycles. The Morgan fingerprint density at radius 3 is 1.67 bits per heavy atom. The molecule has 0 spiro atoms. The van der Waals surface area contributed by atoms with Gasteiger partial charge in [0.2, 0.25) is 0 Å². The molecule has 0 atom stereocenters. The second kappa shape index (κ2) is 12.5. The van der Waals surface area contributed by atoms with Gasteiger partial charge in [0.15, 0.2) is 23.1 Å². The lowest BCUT2D eigenvalue weighted by Gasteiger charge is -2.12. The number of furan rings is 2. The maximum Gasteiger partial charge on any atom is 0.164 e. The fourth-order valence-electron chi connectivity index (χ4n) is 8.62. The number of rotatable bonds is 5. The van der Waals surface area contributed by atoms with Gasteiger partial charge in [-0.25, -0.2) is 15.0 Å². The Balaban J connectivity index is 0.975. The topological polar surface area (TPSA) is 69.9 Å². The molecule has 11 aromatic rings. The van der Waals surface area contributed by atoms with Crippen molar-refractivity contribution < 1.29 is 8.83 Å². The first-order chi connectivity index (χ1) is 28.2. The van der Waals surface area contributed by atoms with Gasteiger partial charge >= 0.3 is 0 Å². The van der Waals surface area contributed by atoms with Crippen LogP contribution in [0.2, 0.25) is 0 Å². The number of allylic oxidation sites excluding steroid dienone is 1. The molecular weight excluding hydrogens is 701 g/mol. The smallest absolute Gasteiger partial charge is 0.164 e. The van der Waals surface area contributed by atoms with Crippen LogP contribution in [-0.2, 0) is 6.42 Å². The minimum Gasteiger partial charge on any atom is -0.456 e. The molecule has 1 aliphatic carbocycles. The molecule has 0 radical (unpaired) electrons. The van der Waals surface area contributed by atoms with Crippen LogP contribution in [-0.4, -0.2) is 19.5 Å². The van der Waals surface area contributed by atoms with E-state index in [4.69, 9.17) is 23.8 Å². The first kappa shape index (κ1) is 31.7. The standard InChI is InChI=1S/C51H32N4O2/c1-3-12-31(13-4-1)49-52-50(32-14-5-2-6-15-32)54-51(53-49)35-24-27-46-41(30-35)40-29-34(22-25-45(40)56-46)33-23-26-47-39(28-33)38-18-11-21-44(48(38)57-47)55-42-19-9-7-16-36(42)37-17-8-10-20-43(37)55/h1-7,9-16,18-30H,8,17H2. The summed E-state index contributed by atoms with van der Waals surface area (Å²) in [6, 6.07) is 54.4. The summed E-state index contributed by atoms with van der Waals surface area (Å²) in [5.41, 5.74) is 13.3. The number of para-hydroxylation sites is 2. The number of hydrogen-bond donors (Lipinski definition) is 0. The number of aromatic nitrogens is 4. The van der Waals surface area contributed by atoms with E-state index >= 15 is 0 Å². The molecular formula is C51H32N4O2. The molecule has 12 rings (SSSR count). The van der Waals surface area contributed by atoms with E-state index in [9.17, 15) is 0 Å². The molecule has 4 heterocycles. The third-order valence-electron chi connectivity index (χ3n) is 11.3. The highest BCUT2D eigenvalue weighted by Crippen LogP contribution is 2.41. The molecule has 0 saturated heterocycles. The highest BCUT2D eigenvalue weighted by atomic mass is 16.3. The van der Waals surface area contributed by atoms with Crippen LogP contribution in [0.4, 0.5) is 0 Å². The molecule has 0 unspecified atom stereocenters. The van der Waals surface area contributed by atoms with E-state index < -0.39 is 0 Å². The lowest BCUT2D eigenvalue weighted by Crippen LogP contribution is -2.00. The molecule has 0 saturated carbocycles. The van der Waals surface area contributed by atoms with Gasteiger partial charge < -0.3 is 13.4 Å². The Morgan fingerprint density at radius 2 is 0.982 bits per heavy atom. The summed E-state index contributed by atoms with van der Waals surface area (Å²) in [5, 5.41) is 5.52. The highest BCUT2D eigenvalue weighted by Gasteiger charge is 2.22. The van der Waals surface area contributed by atoms with E-state index in [0.29, 0.717) is 17.5 Å². The molecule has 0 bridgehead atoms. The molecule has 57 heavy (non-hydrogen) atoms. The molecule has 1 aliphatic rings. The van der Waals surface area contributed by atoms with Gasteiger partial charge in [-0.3, -0.25) is 0 Å². The van der Waals surface area contributed by atoms with Crippen LogP contribution < -0.4 is 0 Å². The van der Waals surface area contributed by atoms with Crippen molar-refractivity contribution in [3.8, 4) is 51.0 Å². The average molecular weight is 733 g/mol. The molecule has 268 valence electrons. The summed E-state index contributed by atoms with van der Waals surface area (Å²) < 4.78 is 15.5. The predicted molar refractivity (Wildman–Crippen MR) is 230 cm³/mol. The number of nitrogens with zero attached hydrogens (tertiary/aromatic N) is 4. The summed E-state index contributed by atoms with van der Waals surface area (Å²) in [7, 11) is 0. The van der Waals surface area contributed by atoms with Crippen molar-refractivity contribution in [2.75, 3.05) is 0 Å². The van der Waals surface area contributed by atoms with Crippen LogP contribution in [0.1, 0.15) is 17.7 Å². The lowest BCUT2D eigenvalue weighted by molar-refractivity contribution is 0.665. The summed E-state index contributed by atoms with van der Waals surface area (Å²) in [6.07, 6.45) is 6.65. The zero-order valence-electron chi connectivity index (χ0n) is 30.7. The SMILES string of the molecule is C1=Cc2c(c3ccccc3n2-c2cccc3c2oc2ccc(-c4ccc5oc6ccc(-c7nc(-c8ccccc8)nc(-c8ccccc8)n7)cc6c5c4)cc23)CC1. The van der Waals surface area contributed by atoms with Gasteiger partial charge in [-0.15, -0.1) is 0 Å². The van der Waals surface area contributed by atoms with Crippen molar-refractivity contribution in [2.45, 2.75) is 12.8 Å². The van der Waals surface area contributed by atoms with Crippen LogP contribution in [0.3, 0.4) is 0 Å². The van der Waals surface area contributed by atoms with Gasteiger partial charge in [-0.1, -0.05) is 109 Å². The monoisotopic (exact) mass is 732 g/mol. The maximum absolute atomic E-state index is 6.71. The largest absolute Gasteiger partial charge is 0.456 e. The number of aryl methyl sites for hydroxylation is 1. The van der Waals surface area contributed by atoms with Crippen molar-refractivity contribution in [3.63, 3.8) is 0 Å². The Morgan fingerprint density at radius 1 is 0.439 bits per heavy atom. The van der Waals surface area contributed by atoms with Crippen molar-refractivity contribution in [1.29, 1.82) is 0 Å². The zero-order chi connectivity index (χ0) is 37.5. The van der Waals surface area contributed by atoms with E-state index in [2.05, 4.69) is 102 Å². The summed E-state index contributed by atoms with van der Waals surface area (Å²) in [5.74, 6) is 1.87. The number of hydrogen-bond acceptors (Lipinski definition) is 5. The van der Waals surface area contributed by atoms with Crippen LogP contribution in [0, 0.1) is 0 Å². The van der Waals surface area contributed by atoms with Gasteiger partial charge in [-0.2, -0.15) is 0 Å². The van der Waals surface area contributed by atoms with Gasteiger partial charge in [-0.05, 0) is 90.2 Å². The van der Waals surface area contributed by atoms with E-state index in [1.807, 2.05) is 72.8 Å². The quantitative estimate of drug-likeness (QED) is 0.176. The van der Waals surface area contributed by atoms with Crippen LogP contribution >= 0.6 is 0 Å². The molecule has 6 nitrogen and oxygen atoms in total. The molecule has 0 amide bonds. The molecule has 4 aromatic heterocycles. The van der Waals surface area contributed by atoms with Gasteiger partial charge in [0.05, 0.1) is 11.2 Å².